The molecule has 2 aromatic rings. The van der Waals surface area contributed by atoms with Crippen LogP contribution in [0.5, 0.6) is 17.2 Å². The van der Waals surface area contributed by atoms with Crippen molar-refractivity contribution in [2.45, 2.75) is 20.8 Å². The van der Waals surface area contributed by atoms with Crippen LogP contribution in [-0.2, 0) is 4.74 Å². The Bertz CT molecular complexity index is 987. The molecule has 0 spiro atoms. The lowest BCUT2D eigenvalue weighted by Crippen LogP contribution is -2.38. The molecule has 0 radical (unpaired) electrons. The molecule has 0 aromatic heterocycles. The second kappa shape index (κ2) is 12.6. The molecule has 1 heterocycles. The number of amides is 1. The molecule has 0 atom stereocenters. The van der Waals surface area contributed by atoms with Gasteiger partial charge >= 0.3 is 0 Å². The number of benzene rings is 2. The summed E-state index contributed by atoms with van der Waals surface area (Å²) in [5.41, 5.74) is 1.86. The summed E-state index contributed by atoms with van der Waals surface area (Å²) in [6, 6.07) is 8.76. The van der Waals surface area contributed by atoms with Crippen molar-refractivity contribution < 1.29 is 23.7 Å². The van der Waals surface area contributed by atoms with E-state index < -0.39 is 5.91 Å². The molecule has 0 aliphatic carbocycles. The monoisotopic (exact) mass is 507 g/mol. The normalized spacial score (nSPS) is 13.2. The summed E-state index contributed by atoms with van der Waals surface area (Å²) in [5.74, 6) is 0.933. The molecule has 8 nitrogen and oxygen atoms in total. The Morgan fingerprint density at radius 1 is 1.06 bits per heavy atom. The summed E-state index contributed by atoms with van der Waals surface area (Å²) >= 11 is 11.9. The van der Waals surface area contributed by atoms with Gasteiger partial charge in [-0.3, -0.25) is 10.1 Å². The first-order chi connectivity index (χ1) is 16.5. The minimum Gasteiger partial charge on any atom is -0.490 e. The van der Waals surface area contributed by atoms with E-state index >= 15 is 0 Å². The Kier molecular flexibility index (Phi) is 9.62. The standard InChI is InChI=1S/C24H30ClN3O5S/c1-4-31-19-14-16(15-20(32-5-2)22(19)33-6-3)23(29)27-24(34)26-18-9-7-8-17(25)21(18)28-10-12-30-13-11-28/h7-9,14-15H,4-6,10-13H2,1-3H3,(H2,26,27,29,34). The van der Waals surface area contributed by atoms with E-state index in [0.29, 0.717) is 79.6 Å². The van der Waals surface area contributed by atoms with Gasteiger partial charge in [0.15, 0.2) is 16.6 Å². The maximum atomic E-state index is 13.0. The first kappa shape index (κ1) is 25.9. The summed E-state index contributed by atoms with van der Waals surface area (Å²) in [7, 11) is 0. The molecule has 10 heteroatoms. The van der Waals surface area contributed by atoms with E-state index in [1.807, 2.05) is 39.0 Å². The highest BCUT2D eigenvalue weighted by molar-refractivity contribution is 7.80. The van der Waals surface area contributed by atoms with Crippen LogP contribution >= 0.6 is 23.8 Å². The van der Waals surface area contributed by atoms with E-state index in [-0.39, 0.29) is 5.11 Å². The molecule has 34 heavy (non-hydrogen) atoms. The highest BCUT2D eigenvalue weighted by Gasteiger charge is 2.21. The maximum absolute atomic E-state index is 13.0. The van der Waals surface area contributed by atoms with E-state index in [2.05, 4.69) is 15.5 Å². The van der Waals surface area contributed by atoms with Crippen molar-refractivity contribution in [3.63, 3.8) is 0 Å². The summed E-state index contributed by atoms with van der Waals surface area (Å²) < 4.78 is 22.5. The van der Waals surface area contributed by atoms with Crippen LogP contribution < -0.4 is 29.7 Å². The van der Waals surface area contributed by atoms with Gasteiger partial charge in [0, 0.05) is 18.7 Å². The molecular formula is C24H30ClN3O5S. The van der Waals surface area contributed by atoms with E-state index in [1.54, 1.807) is 12.1 Å². The molecule has 2 N–H and O–H groups in total. The Hall–Kier alpha value is -2.75. The Labute approximate surface area is 210 Å². The molecule has 0 bridgehead atoms. The molecular weight excluding hydrogens is 478 g/mol. The molecule has 184 valence electrons. The highest BCUT2D eigenvalue weighted by atomic mass is 35.5. The third-order valence-corrected chi connectivity index (χ3v) is 5.47. The van der Waals surface area contributed by atoms with Crippen molar-refractivity contribution in [2.24, 2.45) is 0 Å². The van der Waals surface area contributed by atoms with Crippen LogP contribution in [-0.4, -0.2) is 57.1 Å². The van der Waals surface area contributed by atoms with Gasteiger partial charge in [0.05, 0.1) is 49.4 Å². The fraction of sp³-hybridized carbons (Fsp3) is 0.417. The van der Waals surface area contributed by atoms with Gasteiger partial charge in [0.25, 0.3) is 5.91 Å². The number of carbonyl (C=O) groups excluding carboxylic acids is 1. The predicted octanol–water partition coefficient (Wildman–Crippen LogP) is 4.50. The topological polar surface area (TPSA) is 81.3 Å². The Morgan fingerprint density at radius 2 is 1.68 bits per heavy atom. The molecule has 1 amide bonds. The van der Waals surface area contributed by atoms with E-state index in [0.717, 1.165) is 5.69 Å². The number of halogens is 1. The van der Waals surface area contributed by atoms with Gasteiger partial charge < -0.3 is 29.2 Å². The van der Waals surface area contributed by atoms with Gasteiger partial charge in [0.1, 0.15) is 0 Å². The number of hydrogen-bond donors (Lipinski definition) is 2. The molecule has 2 aromatic carbocycles. The lowest BCUT2D eigenvalue weighted by Gasteiger charge is -2.31. The minimum atomic E-state index is -0.405. The van der Waals surface area contributed by atoms with Gasteiger partial charge in [-0.1, -0.05) is 17.7 Å². The average Bonchev–Trinajstić information content (AvgIpc) is 2.82. The summed E-state index contributed by atoms with van der Waals surface area (Å²) in [4.78, 5) is 15.2. The van der Waals surface area contributed by atoms with Crippen molar-refractivity contribution in [2.75, 3.05) is 56.3 Å². The van der Waals surface area contributed by atoms with Crippen LogP contribution in [0.1, 0.15) is 31.1 Å². The second-order valence-electron chi connectivity index (χ2n) is 7.24. The summed E-state index contributed by atoms with van der Waals surface area (Å²) in [6.07, 6.45) is 0. The molecule has 1 saturated heterocycles. The lowest BCUT2D eigenvalue weighted by molar-refractivity contribution is 0.0976. The van der Waals surface area contributed by atoms with E-state index in [9.17, 15) is 4.79 Å². The van der Waals surface area contributed by atoms with Crippen molar-refractivity contribution in [1.29, 1.82) is 0 Å². The van der Waals surface area contributed by atoms with Gasteiger partial charge in [-0.15, -0.1) is 0 Å². The number of thiocarbonyl (C=S) groups is 1. The number of nitrogens with zero attached hydrogens (tertiary/aromatic N) is 1. The molecule has 1 fully saturated rings. The molecule has 1 aliphatic heterocycles. The quantitative estimate of drug-likeness (QED) is 0.480. The van der Waals surface area contributed by atoms with Crippen LogP contribution in [0.4, 0.5) is 11.4 Å². The predicted molar refractivity (Wildman–Crippen MR) is 138 cm³/mol. The number of ether oxygens (including phenoxy) is 4. The third-order valence-electron chi connectivity index (χ3n) is 4.96. The molecule has 0 saturated carbocycles. The van der Waals surface area contributed by atoms with Crippen molar-refractivity contribution in [3.8, 4) is 17.2 Å². The number of morpholine rings is 1. The number of rotatable bonds is 9. The highest BCUT2D eigenvalue weighted by Crippen LogP contribution is 2.39. The van der Waals surface area contributed by atoms with Gasteiger partial charge in [-0.2, -0.15) is 0 Å². The second-order valence-corrected chi connectivity index (χ2v) is 8.06. The van der Waals surface area contributed by atoms with Crippen molar-refractivity contribution in [3.05, 3.63) is 40.9 Å². The van der Waals surface area contributed by atoms with Gasteiger partial charge in [-0.25, -0.2) is 0 Å². The molecule has 3 rings (SSSR count). The summed E-state index contributed by atoms with van der Waals surface area (Å²) in [6.45, 7) is 9.52. The zero-order valence-electron chi connectivity index (χ0n) is 19.6. The third kappa shape index (κ3) is 6.43. The van der Waals surface area contributed by atoms with Crippen LogP contribution in [0, 0.1) is 0 Å². The number of anilines is 2. The van der Waals surface area contributed by atoms with Crippen LogP contribution in [0.3, 0.4) is 0 Å². The van der Waals surface area contributed by atoms with Gasteiger partial charge in [0.2, 0.25) is 5.75 Å². The fourth-order valence-corrected chi connectivity index (χ4v) is 4.07. The maximum Gasteiger partial charge on any atom is 0.257 e. The van der Waals surface area contributed by atoms with Crippen molar-refractivity contribution in [1.82, 2.24) is 5.32 Å². The zero-order chi connectivity index (χ0) is 24.5. The lowest BCUT2D eigenvalue weighted by atomic mass is 10.1. The van der Waals surface area contributed by atoms with Crippen LogP contribution in [0.2, 0.25) is 5.02 Å². The van der Waals surface area contributed by atoms with Crippen LogP contribution in [0.25, 0.3) is 0 Å². The Balaban J connectivity index is 1.80. The largest absolute Gasteiger partial charge is 0.490 e. The van der Waals surface area contributed by atoms with E-state index in [4.69, 9.17) is 42.8 Å². The first-order valence-electron chi connectivity index (χ1n) is 11.3. The average molecular weight is 508 g/mol. The minimum absolute atomic E-state index is 0.145. The fourth-order valence-electron chi connectivity index (χ4n) is 3.57. The zero-order valence-corrected chi connectivity index (χ0v) is 21.2. The smallest absolute Gasteiger partial charge is 0.257 e. The number of nitrogens with one attached hydrogen (secondary N) is 2. The first-order valence-corrected chi connectivity index (χ1v) is 12.1. The van der Waals surface area contributed by atoms with Crippen molar-refractivity contribution >= 4 is 46.2 Å². The number of carbonyl (C=O) groups is 1. The Morgan fingerprint density at radius 3 is 2.26 bits per heavy atom. The number of hydrogen-bond acceptors (Lipinski definition) is 7. The van der Waals surface area contributed by atoms with Crippen LogP contribution in [0.15, 0.2) is 30.3 Å². The van der Waals surface area contributed by atoms with E-state index in [1.165, 1.54) is 0 Å². The molecule has 0 unspecified atom stereocenters. The molecule has 1 aliphatic rings. The summed E-state index contributed by atoms with van der Waals surface area (Å²) in [5, 5.41) is 6.57. The SMILES string of the molecule is CCOc1cc(C(=O)NC(=S)Nc2cccc(Cl)c2N2CCOCC2)cc(OCC)c1OCC. The number of para-hydroxylation sites is 1. The van der Waals surface area contributed by atoms with Gasteiger partial charge in [-0.05, 0) is 57.3 Å².